The number of para-hydroxylation sites is 1. The second kappa shape index (κ2) is 5.43. The van der Waals surface area contributed by atoms with E-state index in [1.54, 1.807) is 37.5 Å². The van der Waals surface area contributed by atoms with Crippen molar-refractivity contribution >= 4 is 11.4 Å². The SMILES string of the molecule is Cc1cnc(CNc2cccc(C)c2[N+](=O)[O-])cn1. The number of hydrogen-bond donors (Lipinski definition) is 1. The van der Waals surface area contributed by atoms with E-state index >= 15 is 0 Å². The van der Waals surface area contributed by atoms with Crippen molar-refractivity contribution in [3.05, 3.63) is 57.7 Å². The molecule has 0 aliphatic heterocycles. The Balaban J connectivity index is 2.18. The summed E-state index contributed by atoms with van der Waals surface area (Å²) in [5, 5.41) is 14.1. The second-order valence-corrected chi connectivity index (χ2v) is 4.23. The summed E-state index contributed by atoms with van der Waals surface area (Å²) in [4.78, 5) is 19.0. The highest BCUT2D eigenvalue weighted by atomic mass is 16.6. The van der Waals surface area contributed by atoms with Crippen molar-refractivity contribution in [3.63, 3.8) is 0 Å². The van der Waals surface area contributed by atoms with E-state index in [1.165, 1.54) is 0 Å². The molecular weight excluding hydrogens is 244 g/mol. The third kappa shape index (κ3) is 3.04. The van der Waals surface area contributed by atoms with Crippen molar-refractivity contribution in [2.45, 2.75) is 20.4 Å². The molecule has 19 heavy (non-hydrogen) atoms. The van der Waals surface area contributed by atoms with Gasteiger partial charge in [-0.3, -0.25) is 20.1 Å². The monoisotopic (exact) mass is 258 g/mol. The van der Waals surface area contributed by atoms with Crippen LogP contribution in [0.4, 0.5) is 11.4 Å². The van der Waals surface area contributed by atoms with Crippen LogP contribution in [0.1, 0.15) is 17.0 Å². The standard InChI is InChI=1S/C13H14N4O2/c1-9-4-3-5-12(13(9)17(18)19)16-8-11-7-14-10(2)6-15-11/h3-7,16H,8H2,1-2H3. The average molecular weight is 258 g/mol. The first kappa shape index (κ1) is 12.9. The van der Waals surface area contributed by atoms with Gasteiger partial charge in [0.2, 0.25) is 0 Å². The minimum Gasteiger partial charge on any atom is -0.374 e. The van der Waals surface area contributed by atoms with Gasteiger partial charge in [-0.1, -0.05) is 12.1 Å². The summed E-state index contributed by atoms with van der Waals surface area (Å²) in [7, 11) is 0. The summed E-state index contributed by atoms with van der Waals surface area (Å²) in [6.45, 7) is 3.97. The fourth-order valence-corrected chi connectivity index (χ4v) is 1.74. The van der Waals surface area contributed by atoms with Crippen LogP contribution in [0, 0.1) is 24.0 Å². The van der Waals surface area contributed by atoms with Crippen LogP contribution < -0.4 is 5.32 Å². The van der Waals surface area contributed by atoms with Crippen LogP contribution in [-0.4, -0.2) is 14.9 Å². The quantitative estimate of drug-likeness (QED) is 0.673. The fourth-order valence-electron chi connectivity index (χ4n) is 1.74. The number of rotatable bonds is 4. The molecule has 2 rings (SSSR count). The molecule has 1 N–H and O–H groups in total. The van der Waals surface area contributed by atoms with Crippen LogP contribution in [0.2, 0.25) is 0 Å². The Morgan fingerprint density at radius 2 is 2.05 bits per heavy atom. The van der Waals surface area contributed by atoms with E-state index in [4.69, 9.17) is 0 Å². The van der Waals surface area contributed by atoms with E-state index in [2.05, 4.69) is 15.3 Å². The Labute approximate surface area is 110 Å². The Kier molecular flexibility index (Phi) is 3.70. The van der Waals surface area contributed by atoms with E-state index in [0.29, 0.717) is 17.8 Å². The van der Waals surface area contributed by atoms with Crippen LogP contribution in [0.15, 0.2) is 30.6 Å². The largest absolute Gasteiger partial charge is 0.374 e. The molecule has 0 saturated heterocycles. The van der Waals surface area contributed by atoms with E-state index < -0.39 is 0 Å². The molecule has 0 amide bonds. The topological polar surface area (TPSA) is 81.0 Å². The van der Waals surface area contributed by atoms with E-state index in [9.17, 15) is 10.1 Å². The molecule has 0 aliphatic carbocycles. The lowest BCUT2D eigenvalue weighted by Gasteiger charge is -2.08. The third-order valence-electron chi connectivity index (χ3n) is 2.71. The van der Waals surface area contributed by atoms with Gasteiger partial charge in [0.1, 0.15) is 5.69 Å². The maximum Gasteiger partial charge on any atom is 0.295 e. The second-order valence-electron chi connectivity index (χ2n) is 4.23. The molecule has 0 fully saturated rings. The molecule has 0 atom stereocenters. The molecule has 0 saturated carbocycles. The summed E-state index contributed by atoms with van der Waals surface area (Å²) >= 11 is 0. The van der Waals surface area contributed by atoms with Crippen LogP contribution >= 0.6 is 0 Å². The summed E-state index contributed by atoms with van der Waals surface area (Å²) in [6, 6.07) is 5.19. The molecule has 1 aromatic heterocycles. The number of hydrogen-bond acceptors (Lipinski definition) is 5. The first-order valence-electron chi connectivity index (χ1n) is 5.83. The number of aryl methyl sites for hydroxylation is 2. The summed E-state index contributed by atoms with van der Waals surface area (Å²) in [5.41, 5.74) is 2.80. The highest BCUT2D eigenvalue weighted by Gasteiger charge is 2.16. The van der Waals surface area contributed by atoms with Gasteiger partial charge in [-0.05, 0) is 19.9 Å². The predicted octanol–water partition coefficient (Wildman–Crippen LogP) is 2.61. The number of anilines is 1. The van der Waals surface area contributed by atoms with Crippen molar-refractivity contribution in [3.8, 4) is 0 Å². The zero-order chi connectivity index (χ0) is 13.8. The van der Waals surface area contributed by atoms with E-state index in [0.717, 1.165) is 11.4 Å². The average Bonchev–Trinajstić information content (AvgIpc) is 2.37. The molecular formula is C13H14N4O2. The van der Waals surface area contributed by atoms with Gasteiger partial charge in [-0.15, -0.1) is 0 Å². The molecule has 2 aromatic rings. The zero-order valence-electron chi connectivity index (χ0n) is 10.8. The van der Waals surface area contributed by atoms with Crippen molar-refractivity contribution in [2.75, 3.05) is 5.32 Å². The smallest absolute Gasteiger partial charge is 0.295 e. The van der Waals surface area contributed by atoms with Gasteiger partial charge in [-0.25, -0.2) is 0 Å². The highest BCUT2D eigenvalue weighted by Crippen LogP contribution is 2.27. The highest BCUT2D eigenvalue weighted by molar-refractivity contribution is 5.64. The zero-order valence-corrected chi connectivity index (χ0v) is 10.8. The number of benzene rings is 1. The predicted molar refractivity (Wildman–Crippen MR) is 71.9 cm³/mol. The van der Waals surface area contributed by atoms with Crippen molar-refractivity contribution in [1.82, 2.24) is 9.97 Å². The summed E-state index contributed by atoms with van der Waals surface area (Å²) in [6.07, 6.45) is 3.33. The Bertz CT molecular complexity index is 596. The Hall–Kier alpha value is -2.50. The third-order valence-corrected chi connectivity index (χ3v) is 2.71. The number of aromatic nitrogens is 2. The van der Waals surface area contributed by atoms with Gasteiger partial charge in [-0.2, -0.15) is 0 Å². The first-order chi connectivity index (χ1) is 9.08. The molecule has 0 radical (unpaired) electrons. The summed E-state index contributed by atoms with van der Waals surface area (Å²) in [5.74, 6) is 0. The molecule has 6 heteroatoms. The van der Waals surface area contributed by atoms with Crippen LogP contribution in [0.3, 0.4) is 0 Å². The minimum absolute atomic E-state index is 0.0996. The Morgan fingerprint density at radius 1 is 1.26 bits per heavy atom. The molecule has 0 bridgehead atoms. The normalized spacial score (nSPS) is 10.2. The number of nitrogens with one attached hydrogen (secondary N) is 1. The van der Waals surface area contributed by atoms with Crippen LogP contribution in [-0.2, 0) is 6.54 Å². The van der Waals surface area contributed by atoms with Crippen molar-refractivity contribution < 1.29 is 4.92 Å². The molecule has 1 aromatic carbocycles. The minimum atomic E-state index is -0.377. The van der Waals surface area contributed by atoms with E-state index in [-0.39, 0.29) is 10.6 Å². The molecule has 0 unspecified atom stereocenters. The lowest BCUT2D eigenvalue weighted by molar-refractivity contribution is -0.384. The van der Waals surface area contributed by atoms with Gasteiger partial charge < -0.3 is 5.32 Å². The van der Waals surface area contributed by atoms with Gasteiger partial charge in [0.05, 0.1) is 29.1 Å². The Morgan fingerprint density at radius 3 is 2.68 bits per heavy atom. The summed E-state index contributed by atoms with van der Waals surface area (Å²) < 4.78 is 0. The van der Waals surface area contributed by atoms with Crippen molar-refractivity contribution in [1.29, 1.82) is 0 Å². The molecule has 6 nitrogen and oxygen atoms in total. The van der Waals surface area contributed by atoms with Crippen LogP contribution in [0.5, 0.6) is 0 Å². The first-order valence-corrected chi connectivity index (χ1v) is 5.83. The molecule has 0 aliphatic rings. The lowest BCUT2D eigenvalue weighted by Crippen LogP contribution is -2.05. The van der Waals surface area contributed by atoms with Gasteiger partial charge >= 0.3 is 0 Å². The maximum absolute atomic E-state index is 11.0. The van der Waals surface area contributed by atoms with Gasteiger partial charge in [0.15, 0.2) is 0 Å². The molecule has 0 spiro atoms. The number of nitro benzene ring substituents is 1. The van der Waals surface area contributed by atoms with Crippen LogP contribution in [0.25, 0.3) is 0 Å². The van der Waals surface area contributed by atoms with E-state index in [1.807, 2.05) is 6.92 Å². The van der Waals surface area contributed by atoms with Gasteiger partial charge in [0.25, 0.3) is 5.69 Å². The van der Waals surface area contributed by atoms with Gasteiger partial charge in [0, 0.05) is 11.8 Å². The number of nitro groups is 1. The fraction of sp³-hybridized carbons (Fsp3) is 0.231. The number of nitrogens with zero attached hydrogens (tertiary/aromatic N) is 3. The maximum atomic E-state index is 11.0. The molecule has 98 valence electrons. The lowest BCUT2D eigenvalue weighted by atomic mass is 10.1. The molecule has 1 heterocycles. The van der Waals surface area contributed by atoms with Crippen molar-refractivity contribution in [2.24, 2.45) is 0 Å².